The van der Waals surface area contributed by atoms with Crippen molar-refractivity contribution in [2.75, 3.05) is 0 Å². The van der Waals surface area contributed by atoms with Crippen molar-refractivity contribution in [2.45, 2.75) is 39.2 Å². The predicted octanol–water partition coefficient (Wildman–Crippen LogP) is 5.29. The molecule has 162 valence electrons. The maximum absolute atomic E-state index is 13.3. The summed E-state index contributed by atoms with van der Waals surface area (Å²) in [6.07, 6.45) is 7.93. The van der Waals surface area contributed by atoms with Crippen LogP contribution in [-0.2, 0) is 11.3 Å². The summed E-state index contributed by atoms with van der Waals surface area (Å²) in [6.45, 7) is 2.62. The zero-order valence-electron chi connectivity index (χ0n) is 17.9. The highest BCUT2D eigenvalue weighted by Crippen LogP contribution is 2.76. The molecule has 7 rings (SSSR count). The molecule has 6 heteroatoms. The van der Waals surface area contributed by atoms with Crippen LogP contribution in [0.4, 0.5) is 0 Å². The molecular formula is C26H24N2O4. The summed E-state index contributed by atoms with van der Waals surface area (Å²) in [4.78, 5) is 29.1. The second kappa shape index (κ2) is 6.55. The standard InChI is InChI=1S/C26H24N2O4/c1-16(25-13-26(14-25,15-25)24(30)31)8-21(29)20-11-27-10-18-6-7-28(23(18)20)12-19-9-17-4-2-3-5-22(17)32-19/h2-7,9-11,16H,8,12-15H2,1H3,(H,30,31). The highest BCUT2D eigenvalue weighted by atomic mass is 16.4. The predicted molar refractivity (Wildman–Crippen MR) is 120 cm³/mol. The summed E-state index contributed by atoms with van der Waals surface area (Å²) in [5, 5.41) is 11.4. The molecule has 3 saturated carbocycles. The third-order valence-corrected chi connectivity index (χ3v) is 7.83. The largest absolute Gasteiger partial charge is 0.481 e. The summed E-state index contributed by atoms with van der Waals surface area (Å²) in [7, 11) is 0. The fraction of sp³-hybridized carbons (Fsp3) is 0.346. The SMILES string of the molecule is CC(CC(=O)c1cncc2ccn(Cc3cc4ccccc4o3)c12)C12CC(C(=O)O)(C1)C2. The monoisotopic (exact) mass is 428 g/mol. The maximum atomic E-state index is 13.3. The number of benzene rings is 1. The van der Waals surface area contributed by atoms with Crippen LogP contribution < -0.4 is 0 Å². The van der Waals surface area contributed by atoms with E-state index >= 15 is 0 Å². The number of furan rings is 1. The van der Waals surface area contributed by atoms with Gasteiger partial charge in [0.05, 0.1) is 23.0 Å². The lowest BCUT2D eigenvalue weighted by Crippen LogP contribution is -2.67. The molecule has 0 aliphatic heterocycles. The quantitative estimate of drug-likeness (QED) is 0.404. The van der Waals surface area contributed by atoms with Crippen molar-refractivity contribution in [1.82, 2.24) is 9.55 Å². The van der Waals surface area contributed by atoms with Gasteiger partial charge in [0, 0.05) is 35.8 Å². The van der Waals surface area contributed by atoms with Crippen LogP contribution in [0, 0.1) is 16.7 Å². The molecule has 3 aromatic heterocycles. The molecular weight excluding hydrogens is 404 g/mol. The molecule has 0 spiro atoms. The van der Waals surface area contributed by atoms with Crippen molar-refractivity contribution in [2.24, 2.45) is 16.7 Å². The zero-order valence-corrected chi connectivity index (χ0v) is 17.9. The Hall–Kier alpha value is -3.41. The number of hydrogen-bond acceptors (Lipinski definition) is 4. The minimum atomic E-state index is -0.685. The minimum absolute atomic E-state index is 0.0195. The number of ketones is 1. The Morgan fingerprint density at radius 2 is 1.94 bits per heavy atom. The van der Waals surface area contributed by atoms with E-state index in [1.54, 1.807) is 12.4 Å². The lowest BCUT2D eigenvalue weighted by Gasteiger charge is -2.70. The van der Waals surface area contributed by atoms with Gasteiger partial charge in [-0.25, -0.2) is 0 Å². The van der Waals surface area contributed by atoms with E-state index in [1.165, 1.54) is 0 Å². The number of carbonyl (C=O) groups is 2. The van der Waals surface area contributed by atoms with Crippen LogP contribution in [0.15, 0.2) is 59.4 Å². The van der Waals surface area contributed by atoms with Gasteiger partial charge in [-0.2, -0.15) is 0 Å². The number of aromatic nitrogens is 2. The summed E-state index contributed by atoms with van der Waals surface area (Å²) >= 11 is 0. The molecule has 32 heavy (non-hydrogen) atoms. The van der Waals surface area contributed by atoms with Crippen LogP contribution in [0.3, 0.4) is 0 Å². The summed E-state index contributed by atoms with van der Waals surface area (Å²) in [6, 6.07) is 11.9. The lowest BCUT2D eigenvalue weighted by molar-refractivity contribution is -0.239. The van der Waals surface area contributed by atoms with E-state index in [-0.39, 0.29) is 17.1 Å². The first-order valence-corrected chi connectivity index (χ1v) is 11.1. The van der Waals surface area contributed by atoms with Gasteiger partial charge in [0.2, 0.25) is 0 Å². The molecule has 1 N–H and O–H groups in total. The number of aliphatic carboxylic acids is 1. The second-order valence-corrected chi connectivity index (χ2v) is 9.83. The lowest BCUT2D eigenvalue weighted by atomic mass is 9.32. The number of rotatable bonds is 7. The number of carbonyl (C=O) groups excluding carboxylic acids is 1. The summed E-state index contributed by atoms with van der Waals surface area (Å²) < 4.78 is 8.04. The topological polar surface area (TPSA) is 85.3 Å². The number of fused-ring (bicyclic) bond motifs is 2. The first-order chi connectivity index (χ1) is 15.4. The van der Waals surface area contributed by atoms with Gasteiger partial charge < -0.3 is 14.1 Å². The van der Waals surface area contributed by atoms with Gasteiger partial charge in [-0.1, -0.05) is 25.1 Å². The normalized spacial score (nSPS) is 24.8. The van der Waals surface area contributed by atoms with Crippen LogP contribution in [-0.4, -0.2) is 26.4 Å². The van der Waals surface area contributed by atoms with Crippen LogP contribution in [0.25, 0.3) is 21.9 Å². The fourth-order valence-corrected chi connectivity index (χ4v) is 6.00. The molecule has 6 nitrogen and oxygen atoms in total. The number of hydrogen-bond donors (Lipinski definition) is 1. The van der Waals surface area contributed by atoms with Gasteiger partial charge in [0.25, 0.3) is 0 Å². The highest BCUT2D eigenvalue weighted by Gasteiger charge is 2.73. The van der Waals surface area contributed by atoms with Gasteiger partial charge >= 0.3 is 5.97 Å². The van der Waals surface area contributed by atoms with Crippen molar-refractivity contribution in [3.8, 4) is 0 Å². The van der Waals surface area contributed by atoms with Crippen molar-refractivity contribution in [1.29, 1.82) is 0 Å². The Kier molecular flexibility index (Phi) is 3.95. The van der Waals surface area contributed by atoms with Crippen LogP contribution in [0.1, 0.15) is 48.7 Å². The Bertz CT molecular complexity index is 1340. The van der Waals surface area contributed by atoms with E-state index in [0.717, 1.165) is 27.6 Å². The molecule has 0 saturated heterocycles. The average Bonchev–Trinajstić information content (AvgIpc) is 3.29. The molecule has 4 aromatic rings. The molecule has 2 bridgehead atoms. The molecule has 3 fully saturated rings. The molecule has 0 amide bonds. The molecule has 1 unspecified atom stereocenters. The van der Waals surface area contributed by atoms with Gasteiger partial charge in [0.1, 0.15) is 11.3 Å². The first kappa shape index (κ1) is 19.3. The van der Waals surface area contributed by atoms with Crippen molar-refractivity contribution in [3.05, 3.63) is 66.3 Å². The summed E-state index contributed by atoms with van der Waals surface area (Å²) in [5.74, 6) is 0.370. The van der Waals surface area contributed by atoms with E-state index in [2.05, 4.69) is 11.9 Å². The van der Waals surface area contributed by atoms with E-state index < -0.39 is 11.4 Å². The fourth-order valence-electron chi connectivity index (χ4n) is 6.00. The number of para-hydroxylation sites is 1. The number of nitrogens with zero attached hydrogens (tertiary/aromatic N) is 2. The smallest absolute Gasteiger partial charge is 0.309 e. The van der Waals surface area contributed by atoms with Crippen LogP contribution in [0.2, 0.25) is 0 Å². The Labute approximate surface area is 184 Å². The van der Waals surface area contributed by atoms with E-state index in [4.69, 9.17) is 4.42 Å². The second-order valence-electron chi connectivity index (χ2n) is 9.83. The number of Topliss-reactive ketones (excluding diaryl/α,β-unsaturated/α-hetero) is 1. The number of pyridine rings is 1. The van der Waals surface area contributed by atoms with Gasteiger partial charge in [-0.3, -0.25) is 14.6 Å². The first-order valence-electron chi connectivity index (χ1n) is 11.1. The number of carboxylic acids is 1. The van der Waals surface area contributed by atoms with E-state index in [0.29, 0.717) is 37.8 Å². The van der Waals surface area contributed by atoms with Gasteiger partial charge in [-0.05, 0) is 48.8 Å². The zero-order chi connectivity index (χ0) is 22.1. The molecule has 1 atom stereocenters. The van der Waals surface area contributed by atoms with E-state index in [9.17, 15) is 14.7 Å². The van der Waals surface area contributed by atoms with Gasteiger partial charge in [0.15, 0.2) is 5.78 Å². The van der Waals surface area contributed by atoms with Crippen molar-refractivity contribution < 1.29 is 19.1 Å². The minimum Gasteiger partial charge on any atom is -0.481 e. The number of carboxylic acid groups (broad SMARTS) is 1. The molecule has 0 radical (unpaired) electrons. The van der Waals surface area contributed by atoms with Gasteiger partial charge in [-0.15, -0.1) is 0 Å². The summed E-state index contributed by atoms with van der Waals surface area (Å²) in [5.41, 5.74) is 1.85. The van der Waals surface area contributed by atoms with Crippen molar-refractivity contribution >= 4 is 33.6 Å². The molecule has 1 aromatic carbocycles. The van der Waals surface area contributed by atoms with E-state index in [1.807, 2.05) is 47.2 Å². The van der Waals surface area contributed by atoms with Crippen LogP contribution >= 0.6 is 0 Å². The molecule has 3 aliphatic carbocycles. The highest BCUT2D eigenvalue weighted by molar-refractivity contribution is 6.06. The van der Waals surface area contributed by atoms with Crippen molar-refractivity contribution in [3.63, 3.8) is 0 Å². The molecule has 3 aliphatic rings. The third kappa shape index (κ3) is 2.68. The maximum Gasteiger partial charge on any atom is 0.309 e. The van der Waals surface area contributed by atoms with Crippen LogP contribution in [0.5, 0.6) is 0 Å². The average molecular weight is 428 g/mol. The third-order valence-electron chi connectivity index (χ3n) is 7.83. The molecule has 3 heterocycles. The Balaban J connectivity index is 1.26. The Morgan fingerprint density at radius 3 is 2.69 bits per heavy atom. The Morgan fingerprint density at radius 1 is 1.16 bits per heavy atom.